The van der Waals surface area contributed by atoms with Gasteiger partial charge in [-0.25, -0.2) is 4.39 Å². The molecule has 0 amide bonds. The quantitative estimate of drug-likeness (QED) is 0.790. The Bertz CT molecular complexity index is 333. The molecule has 2 N–H and O–H groups in total. The molecule has 2 rings (SSSR count). The fourth-order valence-corrected chi connectivity index (χ4v) is 2.15. The van der Waals surface area contributed by atoms with Crippen LogP contribution in [-0.2, 0) is 6.54 Å². The van der Waals surface area contributed by atoms with E-state index in [4.69, 9.17) is 5.11 Å². The summed E-state index contributed by atoms with van der Waals surface area (Å²) in [6.07, 6.45) is -2.34. The smallest absolute Gasteiger partial charge is 0.140 e. The van der Waals surface area contributed by atoms with Crippen LogP contribution in [0.4, 0.5) is 4.39 Å². The van der Waals surface area contributed by atoms with Gasteiger partial charge in [-0.2, -0.15) is 0 Å². The molecule has 1 saturated heterocycles. The predicted octanol–water partition coefficient (Wildman–Crippen LogP) is 0.562. The van der Waals surface area contributed by atoms with Crippen molar-refractivity contribution in [1.29, 1.82) is 0 Å². The molecule has 1 heterocycles. The van der Waals surface area contributed by atoms with E-state index in [-0.39, 0.29) is 13.2 Å². The van der Waals surface area contributed by atoms with Gasteiger partial charge in [0.2, 0.25) is 0 Å². The molecule has 16 heavy (non-hydrogen) atoms. The third-order valence-electron chi connectivity index (χ3n) is 3.06. The van der Waals surface area contributed by atoms with E-state index in [0.29, 0.717) is 6.54 Å². The van der Waals surface area contributed by atoms with Gasteiger partial charge in [-0.05, 0) is 5.56 Å². The Hall–Kier alpha value is -0.970. The number of likely N-dealkylation sites (tertiary alicyclic amines) is 1. The van der Waals surface area contributed by atoms with E-state index in [1.807, 2.05) is 30.3 Å². The Balaban J connectivity index is 2.05. The highest BCUT2D eigenvalue weighted by Crippen LogP contribution is 2.22. The van der Waals surface area contributed by atoms with Crippen LogP contribution < -0.4 is 0 Å². The number of aliphatic hydroxyl groups is 2. The summed E-state index contributed by atoms with van der Waals surface area (Å²) in [5.41, 5.74) is 1.06. The maximum atomic E-state index is 13.3. The van der Waals surface area contributed by atoms with Gasteiger partial charge in [0.25, 0.3) is 0 Å². The first-order valence-corrected chi connectivity index (χ1v) is 5.43. The molecule has 0 saturated carbocycles. The monoisotopic (exact) mass is 225 g/mol. The molecule has 3 nitrogen and oxygen atoms in total. The highest BCUT2D eigenvalue weighted by atomic mass is 19.1. The Morgan fingerprint density at radius 1 is 1.31 bits per heavy atom. The first kappa shape index (κ1) is 11.5. The molecule has 0 spiro atoms. The largest absolute Gasteiger partial charge is 0.395 e. The number of benzene rings is 1. The molecule has 0 bridgehead atoms. The fraction of sp³-hybridized carbons (Fsp3) is 0.500. The molecule has 1 aliphatic heterocycles. The van der Waals surface area contributed by atoms with Gasteiger partial charge in [-0.15, -0.1) is 0 Å². The highest BCUT2D eigenvalue weighted by molar-refractivity contribution is 5.15. The molecular weight excluding hydrogens is 209 g/mol. The Morgan fingerprint density at radius 2 is 2.00 bits per heavy atom. The third kappa shape index (κ3) is 2.24. The van der Waals surface area contributed by atoms with Gasteiger partial charge in [0.1, 0.15) is 12.3 Å². The van der Waals surface area contributed by atoms with Crippen molar-refractivity contribution in [3.63, 3.8) is 0 Å². The minimum absolute atomic E-state index is 0.182. The van der Waals surface area contributed by atoms with Crippen LogP contribution in [0.3, 0.4) is 0 Å². The van der Waals surface area contributed by atoms with Crippen molar-refractivity contribution in [2.24, 2.45) is 0 Å². The van der Waals surface area contributed by atoms with Crippen LogP contribution in [-0.4, -0.2) is 46.6 Å². The topological polar surface area (TPSA) is 43.7 Å². The lowest BCUT2D eigenvalue weighted by Crippen LogP contribution is -2.38. The van der Waals surface area contributed by atoms with E-state index in [1.165, 1.54) is 0 Å². The number of alkyl halides is 1. The molecule has 0 aromatic heterocycles. The fourth-order valence-electron chi connectivity index (χ4n) is 2.15. The summed E-state index contributed by atoms with van der Waals surface area (Å²) in [5.74, 6) is 0. The van der Waals surface area contributed by atoms with Crippen molar-refractivity contribution >= 4 is 0 Å². The van der Waals surface area contributed by atoms with E-state index in [2.05, 4.69) is 0 Å². The summed E-state index contributed by atoms with van der Waals surface area (Å²) < 4.78 is 13.3. The molecule has 0 radical (unpaired) electrons. The van der Waals surface area contributed by atoms with E-state index < -0.39 is 18.3 Å². The summed E-state index contributed by atoms with van der Waals surface area (Å²) in [6.45, 7) is 0.527. The first-order valence-electron chi connectivity index (χ1n) is 5.43. The van der Waals surface area contributed by atoms with Crippen LogP contribution in [0.1, 0.15) is 5.56 Å². The predicted molar refractivity (Wildman–Crippen MR) is 58.6 cm³/mol. The van der Waals surface area contributed by atoms with E-state index in [0.717, 1.165) is 5.56 Å². The summed E-state index contributed by atoms with van der Waals surface area (Å²) in [7, 11) is 0. The van der Waals surface area contributed by atoms with Crippen LogP contribution in [0, 0.1) is 0 Å². The van der Waals surface area contributed by atoms with Crippen LogP contribution in [0.15, 0.2) is 30.3 Å². The van der Waals surface area contributed by atoms with E-state index >= 15 is 0 Å². The van der Waals surface area contributed by atoms with Crippen LogP contribution >= 0.6 is 0 Å². The lowest BCUT2D eigenvalue weighted by Gasteiger charge is -2.23. The molecular formula is C12H16FNO2. The summed E-state index contributed by atoms with van der Waals surface area (Å²) >= 11 is 0. The van der Waals surface area contributed by atoms with Gasteiger partial charge >= 0.3 is 0 Å². The third-order valence-corrected chi connectivity index (χ3v) is 3.06. The Labute approximate surface area is 94.1 Å². The molecule has 0 unspecified atom stereocenters. The molecule has 0 aliphatic carbocycles. The van der Waals surface area contributed by atoms with Crippen molar-refractivity contribution in [1.82, 2.24) is 4.90 Å². The zero-order valence-corrected chi connectivity index (χ0v) is 8.96. The highest BCUT2D eigenvalue weighted by Gasteiger charge is 2.40. The van der Waals surface area contributed by atoms with Crippen molar-refractivity contribution in [2.75, 3.05) is 13.2 Å². The number of nitrogens with zero attached hydrogens (tertiary/aromatic N) is 1. The average molecular weight is 225 g/mol. The van der Waals surface area contributed by atoms with Crippen LogP contribution in [0.2, 0.25) is 0 Å². The average Bonchev–Trinajstić information content (AvgIpc) is 2.56. The summed E-state index contributed by atoms with van der Waals surface area (Å²) in [5, 5.41) is 18.7. The number of aliphatic hydroxyl groups excluding tert-OH is 2. The maximum absolute atomic E-state index is 13.3. The van der Waals surface area contributed by atoms with Crippen molar-refractivity contribution < 1.29 is 14.6 Å². The van der Waals surface area contributed by atoms with Crippen molar-refractivity contribution in [3.8, 4) is 0 Å². The van der Waals surface area contributed by atoms with E-state index in [1.54, 1.807) is 4.90 Å². The molecule has 1 aromatic carbocycles. The molecule has 1 fully saturated rings. The first-order chi connectivity index (χ1) is 7.72. The maximum Gasteiger partial charge on any atom is 0.140 e. The Kier molecular flexibility index (Phi) is 3.53. The van der Waals surface area contributed by atoms with E-state index in [9.17, 15) is 9.50 Å². The van der Waals surface area contributed by atoms with Crippen molar-refractivity contribution in [2.45, 2.75) is 24.9 Å². The second-order valence-corrected chi connectivity index (χ2v) is 4.17. The number of halogens is 1. The standard InChI is InChI=1S/C12H16FNO2/c13-10-7-14(11(8-15)12(10)16)6-9-4-2-1-3-5-9/h1-5,10-12,15-16H,6-8H2/t10-,11-,12+/m1/s1. The number of hydrogen-bond donors (Lipinski definition) is 2. The lowest BCUT2D eigenvalue weighted by molar-refractivity contribution is 0.0480. The Morgan fingerprint density at radius 3 is 2.62 bits per heavy atom. The van der Waals surface area contributed by atoms with Gasteiger partial charge in [0.15, 0.2) is 0 Å². The minimum atomic E-state index is -1.26. The van der Waals surface area contributed by atoms with Gasteiger partial charge in [0.05, 0.1) is 12.6 Å². The van der Waals surface area contributed by atoms with Crippen LogP contribution in [0.5, 0.6) is 0 Å². The van der Waals surface area contributed by atoms with Gasteiger partial charge in [-0.1, -0.05) is 30.3 Å². The zero-order chi connectivity index (χ0) is 11.5. The second kappa shape index (κ2) is 4.91. The van der Waals surface area contributed by atoms with Crippen LogP contribution in [0.25, 0.3) is 0 Å². The SMILES string of the molecule is OC[C@@H]1[C@@H](O)[C@H](F)CN1Cc1ccccc1. The molecule has 1 aliphatic rings. The normalized spacial score (nSPS) is 30.8. The lowest BCUT2D eigenvalue weighted by atomic mass is 10.1. The minimum Gasteiger partial charge on any atom is -0.395 e. The summed E-state index contributed by atoms with van der Waals surface area (Å²) in [6, 6.07) is 9.17. The number of hydrogen-bond acceptors (Lipinski definition) is 3. The zero-order valence-electron chi connectivity index (χ0n) is 8.96. The molecule has 4 heteroatoms. The van der Waals surface area contributed by atoms with Gasteiger partial charge in [-0.3, -0.25) is 4.90 Å². The van der Waals surface area contributed by atoms with Gasteiger partial charge < -0.3 is 10.2 Å². The second-order valence-electron chi connectivity index (χ2n) is 4.17. The van der Waals surface area contributed by atoms with Gasteiger partial charge in [0, 0.05) is 13.1 Å². The van der Waals surface area contributed by atoms with Crippen molar-refractivity contribution in [3.05, 3.63) is 35.9 Å². The molecule has 1 aromatic rings. The molecule has 3 atom stereocenters. The number of rotatable bonds is 3. The summed E-state index contributed by atoms with van der Waals surface area (Å²) in [4.78, 5) is 1.78. The molecule has 88 valence electrons.